The molecule has 62 heavy (non-hydrogen) atoms. The summed E-state index contributed by atoms with van der Waals surface area (Å²) in [5.74, 6) is 1.01. The van der Waals surface area contributed by atoms with Gasteiger partial charge in [0.2, 0.25) is 0 Å². The van der Waals surface area contributed by atoms with Crippen molar-refractivity contribution in [3.63, 3.8) is 0 Å². The SMILES string of the molecule is CC(C)c1cc2c(cc1C(=O)Cl)C1(C)CCCC(C)(C(=O)Oc3ccc(-c4ccc(OC(=O)C5(C)CCCC6(C)c7cc(C(=O)Cl)c(C(C)C)cc7CCC56)cc4)cc3)C1CC2. The molecule has 4 aromatic carbocycles. The van der Waals surface area contributed by atoms with E-state index in [-0.39, 0.29) is 46.4 Å². The van der Waals surface area contributed by atoms with Crippen LogP contribution in [0.15, 0.2) is 72.8 Å². The van der Waals surface area contributed by atoms with E-state index in [2.05, 4.69) is 67.5 Å². The molecule has 0 heterocycles. The number of ether oxygens (including phenoxy) is 2. The molecule has 0 bridgehead atoms. The molecule has 8 rings (SSSR count). The van der Waals surface area contributed by atoms with Gasteiger partial charge in [-0.25, -0.2) is 0 Å². The number of benzene rings is 4. The third kappa shape index (κ3) is 7.45. The van der Waals surface area contributed by atoms with Crippen molar-refractivity contribution < 1.29 is 28.7 Å². The highest BCUT2D eigenvalue weighted by molar-refractivity contribution is 6.68. The Morgan fingerprint density at radius 3 is 1.23 bits per heavy atom. The average molecular weight is 876 g/mol. The molecule has 0 aromatic heterocycles. The number of esters is 2. The van der Waals surface area contributed by atoms with Gasteiger partial charge in [-0.3, -0.25) is 19.2 Å². The molecule has 2 fully saturated rings. The van der Waals surface area contributed by atoms with E-state index in [0.29, 0.717) is 22.6 Å². The first kappa shape index (κ1) is 44.4. The summed E-state index contributed by atoms with van der Waals surface area (Å²) in [5.41, 5.74) is 7.85. The van der Waals surface area contributed by atoms with Crippen molar-refractivity contribution in [3.05, 3.63) is 117 Å². The lowest BCUT2D eigenvalue weighted by molar-refractivity contribution is -0.155. The molecule has 8 heteroatoms. The molecular formula is C54H60Cl2O6. The first-order chi connectivity index (χ1) is 29.3. The second-order valence-corrected chi connectivity index (χ2v) is 21.1. The number of fused-ring (bicyclic) bond motifs is 6. The number of halogens is 2. The smallest absolute Gasteiger partial charge is 0.317 e. The third-order valence-corrected chi connectivity index (χ3v) is 16.5. The van der Waals surface area contributed by atoms with Crippen LogP contribution in [0.5, 0.6) is 11.5 Å². The molecule has 0 spiro atoms. The number of carbonyl (C=O) groups is 4. The summed E-state index contributed by atoms with van der Waals surface area (Å²) in [6, 6.07) is 23.5. The molecular weight excluding hydrogens is 815 g/mol. The maximum Gasteiger partial charge on any atom is 0.317 e. The van der Waals surface area contributed by atoms with Crippen molar-refractivity contribution in [2.75, 3.05) is 0 Å². The van der Waals surface area contributed by atoms with E-state index < -0.39 is 21.3 Å². The fraction of sp³-hybridized carbons (Fsp3) is 0.481. The minimum atomic E-state index is -0.695. The van der Waals surface area contributed by atoms with Crippen molar-refractivity contribution >= 4 is 45.6 Å². The van der Waals surface area contributed by atoms with Gasteiger partial charge < -0.3 is 9.47 Å². The Morgan fingerprint density at radius 1 is 0.548 bits per heavy atom. The van der Waals surface area contributed by atoms with E-state index >= 15 is 0 Å². The Kier molecular flexibility index (Phi) is 11.7. The van der Waals surface area contributed by atoms with Crippen LogP contribution in [-0.2, 0) is 33.3 Å². The molecule has 6 unspecified atom stereocenters. The number of hydrogen-bond acceptors (Lipinski definition) is 6. The summed E-state index contributed by atoms with van der Waals surface area (Å²) in [4.78, 5) is 53.5. The lowest BCUT2D eigenvalue weighted by Crippen LogP contribution is -2.53. The average Bonchev–Trinajstić information content (AvgIpc) is 3.23. The normalized spacial score (nSPS) is 27.7. The second kappa shape index (κ2) is 16.4. The van der Waals surface area contributed by atoms with Crippen molar-refractivity contribution in [2.24, 2.45) is 22.7 Å². The van der Waals surface area contributed by atoms with Gasteiger partial charge in [-0.2, -0.15) is 0 Å². The lowest BCUT2D eigenvalue weighted by atomic mass is 9.49. The first-order valence-electron chi connectivity index (χ1n) is 22.7. The van der Waals surface area contributed by atoms with Crippen LogP contribution in [0.1, 0.15) is 173 Å². The number of carbonyl (C=O) groups excluding carboxylic acids is 4. The second-order valence-electron chi connectivity index (χ2n) is 20.4. The van der Waals surface area contributed by atoms with Crippen LogP contribution in [0.4, 0.5) is 0 Å². The molecule has 0 radical (unpaired) electrons. The molecule has 0 saturated heterocycles. The molecule has 0 N–H and O–H groups in total. The van der Waals surface area contributed by atoms with Gasteiger partial charge in [0, 0.05) is 11.1 Å². The fourth-order valence-corrected chi connectivity index (χ4v) is 13.1. The van der Waals surface area contributed by atoms with Gasteiger partial charge in [-0.05, 0) is 204 Å². The van der Waals surface area contributed by atoms with E-state index in [9.17, 15) is 19.2 Å². The maximum atomic E-state index is 14.2. The zero-order valence-corrected chi connectivity index (χ0v) is 39.0. The predicted molar refractivity (Wildman–Crippen MR) is 247 cm³/mol. The molecule has 6 atom stereocenters. The van der Waals surface area contributed by atoms with Crippen molar-refractivity contribution in [1.82, 2.24) is 0 Å². The number of rotatable bonds is 9. The number of hydrogen-bond donors (Lipinski definition) is 0. The Morgan fingerprint density at radius 2 is 0.903 bits per heavy atom. The predicted octanol–water partition coefficient (Wildman–Crippen LogP) is 13.6. The summed E-state index contributed by atoms with van der Waals surface area (Å²) in [5, 5.41) is -0.870. The zero-order valence-electron chi connectivity index (χ0n) is 37.5. The van der Waals surface area contributed by atoms with Crippen LogP contribution in [0, 0.1) is 22.7 Å². The minimum Gasteiger partial charge on any atom is -0.426 e. The van der Waals surface area contributed by atoms with E-state index in [1.165, 1.54) is 11.1 Å². The third-order valence-electron chi connectivity index (χ3n) is 16.1. The topological polar surface area (TPSA) is 86.7 Å². The lowest BCUT2D eigenvalue weighted by Gasteiger charge is -2.54. The fourth-order valence-electron chi connectivity index (χ4n) is 12.7. The van der Waals surface area contributed by atoms with Gasteiger partial charge in [0.05, 0.1) is 10.8 Å². The molecule has 0 aliphatic heterocycles. The summed E-state index contributed by atoms with van der Waals surface area (Å²) < 4.78 is 12.3. The quantitative estimate of drug-likeness (QED) is 0.0946. The van der Waals surface area contributed by atoms with Crippen LogP contribution < -0.4 is 9.47 Å². The highest BCUT2D eigenvalue weighted by Gasteiger charge is 2.57. The molecule has 4 aromatic rings. The van der Waals surface area contributed by atoms with Gasteiger partial charge >= 0.3 is 11.9 Å². The maximum absolute atomic E-state index is 14.2. The Balaban J connectivity index is 0.946. The van der Waals surface area contributed by atoms with E-state index in [1.807, 2.05) is 60.7 Å². The summed E-state index contributed by atoms with van der Waals surface area (Å²) in [7, 11) is 0. The monoisotopic (exact) mass is 874 g/mol. The van der Waals surface area contributed by atoms with Crippen LogP contribution in [0.2, 0.25) is 0 Å². The van der Waals surface area contributed by atoms with Crippen molar-refractivity contribution in [3.8, 4) is 22.6 Å². The summed E-state index contributed by atoms with van der Waals surface area (Å²) in [6.45, 7) is 17.0. The highest BCUT2D eigenvalue weighted by atomic mass is 35.5. The molecule has 2 saturated carbocycles. The molecule has 326 valence electrons. The van der Waals surface area contributed by atoms with Gasteiger partial charge in [0.1, 0.15) is 11.5 Å². The van der Waals surface area contributed by atoms with Crippen LogP contribution in [0.3, 0.4) is 0 Å². The highest BCUT2D eigenvalue weighted by Crippen LogP contribution is 2.60. The van der Waals surface area contributed by atoms with E-state index in [4.69, 9.17) is 32.7 Å². The van der Waals surface area contributed by atoms with Gasteiger partial charge in [0.25, 0.3) is 10.5 Å². The minimum absolute atomic E-state index is 0.0535. The Bertz CT molecular complexity index is 2280. The Labute approximate surface area is 377 Å². The van der Waals surface area contributed by atoms with E-state index in [0.717, 1.165) is 97.6 Å². The molecule has 6 nitrogen and oxygen atoms in total. The van der Waals surface area contributed by atoms with Crippen LogP contribution in [-0.4, -0.2) is 22.4 Å². The van der Waals surface area contributed by atoms with Crippen LogP contribution >= 0.6 is 23.2 Å². The van der Waals surface area contributed by atoms with Gasteiger partial charge in [0.15, 0.2) is 0 Å². The van der Waals surface area contributed by atoms with Crippen molar-refractivity contribution in [2.45, 2.75) is 142 Å². The first-order valence-corrected chi connectivity index (χ1v) is 23.4. The van der Waals surface area contributed by atoms with Crippen molar-refractivity contribution in [1.29, 1.82) is 0 Å². The molecule has 4 aliphatic rings. The number of aryl methyl sites for hydroxylation is 2. The Hall–Kier alpha value is -4.26. The van der Waals surface area contributed by atoms with Gasteiger partial charge in [-0.1, -0.05) is 90.8 Å². The van der Waals surface area contributed by atoms with E-state index in [1.54, 1.807) is 0 Å². The molecule has 4 aliphatic carbocycles. The summed E-state index contributed by atoms with van der Waals surface area (Å²) in [6.07, 6.45) is 8.54. The van der Waals surface area contributed by atoms with Crippen LogP contribution in [0.25, 0.3) is 11.1 Å². The zero-order chi connectivity index (χ0) is 44.5. The standard InChI is InChI=1S/C54H60Cl2O6/c1-31(2)39-27-35-15-21-45-51(5,43(35)29-41(39)47(55)57)23-9-25-53(45,7)49(59)61-37-17-11-33(12-18-37)34-13-19-38(20-14-34)62-50(60)54(8)26-10-24-52(6)44-30-42(48(56)58)40(32(3)4)28-36(44)16-22-46(52)54/h11-14,17-20,27-32,45-46H,9-10,15-16,21-26H2,1-8H3. The summed E-state index contributed by atoms with van der Waals surface area (Å²) >= 11 is 12.3. The van der Waals surface area contributed by atoms with Gasteiger partial charge in [-0.15, -0.1) is 0 Å². The largest absolute Gasteiger partial charge is 0.426 e. The molecule has 0 amide bonds.